The van der Waals surface area contributed by atoms with E-state index < -0.39 is 28.4 Å². The van der Waals surface area contributed by atoms with E-state index in [-0.39, 0.29) is 6.42 Å². The number of Topliss-reactive ketones (excluding diaryl/α,β-unsaturated/α-hetero) is 1. The maximum atomic E-state index is 12.5. The smallest absolute Gasteiger partial charge is 0.326 e. The van der Waals surface area contributed by atoms with Crippen molar-refractivity contribution in [1.29, 1.82) is 0 Å². The lowest BCUT2D eigenvalue weighted by atomic mass is 9.96. The molecule has 6 heteroatoms. The summed E-state index contributed by atoms with van der Waals surface area (Å²) in [7, 11) is 0. The number of aliphatic carboxylic acids is 1. The van der Waals surface area contributed by atoms with Crippen LogP contribution in [0.5, 0.6) is 0 Å². The summed E-state index contributed by atoms with van der Waals surface area (Å²) >= 11 is 4.20. The first-order valence-electron chi connectivity index (χ1n) is 7.72. The molecule has 2 unspecified atom stereocenters. The molecule has 0 spiro atoms. The molecule has 0 aliphatic rings. The van der Waals surface area contributed by atoms with Crippen LogP contribution in [0, 0.1) is 0 Å². The highest BCUT2D eigenvalue weighted by Gasteiger charge is 2.39. The normalized spacial score (nSPS) is 14.2. The average molecular weight is 357 g/mol. The SMILES string of the molecule is CC(S)(C(=O)NC(Cc1ccccc1)C(=O)O)C(=O)c1ccccc1. The number of nitrogens with one attached hydrogen (secondary N) is 1. The highest BCUT2D eigenvalue weighted by atomic mass is 32.1. The van der Waals surface area contributed by atoms with Crippen molar-refractivity contribution in [2.24, 2.45) is 0 Å². The molecule has 130 valence electrons. The molecule has 0 bridgehead atoms. The van der Waals surface area contributed by atoms with Crippen LogP contribution in [0.2, 0.25) is 0 Å². The van der Waals surface area contributed by atoms with Gasteiger partial charge in [0.2, 0.25) is 5.91 Å². The van der Waals surface area contributed by atoms with E-state index in [1.165, 1.54) is 6.92 Å². The number of hydrogen-bond donors (Lipinski definition) is 3. The summed E-state index contributed by atoms with van der Waals surface area (Å²) in [6.07, 6.45) is 0.116. The maximum absolute atomic E-state index is 12.5. The van der Waals surface area contributed by atoms with Crippen LogP contribution < -0.4 is 5.32 Å². The van der Waals surface area contributed by atoms with Gasteiger partial charge in [0.1, 0.15) is 6.04 Å². The van der Waals surface area contributed by atoms with Gasteiger partial charge in [0.05, 0.1) is 0 Å². The second-order valence-corrected chi connectivity index (χ2v) is 6.72. The van der Waals surface area contributed by atoms with Crippen molar-refractivity contribution in [2.45, 2.75) is 24.1 Å². The van der Waals surface area contributed by atoms with Crippen LogP contribution in [0.1, 0.15) is 22.8 Å². The van der Waals surface area contributed by atoms with Gasteiger partial charge >= 0.3 is 5.97 Å². The number of amides is 1. The molecule has 2 atom stereocenters. The quantitative estimate of drug-likeness (QED) is 0.404. The predicted octanol–water partition coefficient (Wildman–Crippen LogP) is 2.37. The van der Waals surface area contributed by atoms with Crippen molar-refractivity contribution in [3.8, 4) is 0 Å². The zero-order valence-electron chi connectivity index (χ0n) is 13.7. The van der Waals surface area contributed by atoms with Crippen molar-refractivity contribution in [3.63, 3.8) is 0 Å². The van der Waals surface area contributed by atoms with E-state index >= 15 is 0 Å². The number of carboxylic acid groups (broad SMARTS) is 1. The monoisotopic (exact) mass is 357 g/mol. The number of thiol groups is 1. The number of ketones is 1. The molecule has 0 aromatic heterocycles. The lowest BCUT2D eigenvalue weighted by Gasteiger charge is -2.24. The Kier molecular flexibility index (Phi) is 5.98. The molecule has 0 heterocycles. The van der Waals surface area contributed by atoms with Gasteiger partial charge < -0.3 is 10.4 Å². The Hall–Kier alpha value is -2.60. The minimum Gasteiger partial charge on any atom is -0.480 e. The minimum absolute atomic E-state index is 0.116. The Morgan fingerprint density at radius 1 is 1.04 bits per heavy atom. The van der Waals surface area contributed by atoms with E-state index in [1.807, 2.05) is 6.07 Å². The van der Waals surface area contributed by atoms with Crippen molar-refractivity contribution < 1.29 is 19.5 Å². The lowest BCUT2D eigenvalue weighted by molar-refractivity contribution is -0.141. The Morgan fingerprint density at radius 3 is 2.08 bits per heavy atom. The molecule has 0 aliphatic carbocycles. The molecule has 25 heavy (non-hydrogen) atoms. The summed E-state index contributed by atoms with van der Waals surface area (Å²) in [6.45, 7) is 1.36. The van der Waals surface area contributed by atoms with Gasteiger partial charge in [-0.05, 0) is 12.5 Å². The molecule has 1 amide bonds. The number of hydrogen-bond acceptors (Lipinski definition) is 4. The van der Waals surface area contributed by atoms with Crippen LogP contribution in [-0.2, 0) is 16.0 Å². The fraction of sp³-hybridized carbons (Fsp3) is 0.211. The largest absolute Gasteiger partial charge is 0.480 e. The van der Waals surface area contributed by atoms with Gasteiger partial charge in [0, 0.05) is 12.0 Å². The van der Waals surface area contributed by atoms with E-state index in [1.54, 1.807) is 54.6 Å². The van der Waals surface area contributed by atoms with E-state index in [2.05, 4.69) is 17.9 Å². The molecule has 5 nitrogen and oxygen atoms in total. The van der Waals surface area contributed by atoms with Crippen molar-refractivity contribution in [3.05, 3.63) is 71.8 Å². The van der Waals surface area contributed by atoms with Gasteiger partial charge in [-0.3, -0.25) is 9.59 Å². The summed E-state index contributed by atoms with van der Waals surface area (Å²) in [6, 6.07) is 16.1. The van der Waals surface area contributed by atoms with Gasteiger partial charge in [-0.1, -0.05) is 60.7 Å². The molecule has 0 radical (unpaired) electrons. The Bertz CT molecular complexity index is 760. The molecule has 2 aromatic rings. The lowest BCUT2D eigenvalue weighted by Crippen LogP contribution is -2.52. The Balaban J connectivity index is 2.14. The summed E-state index contributed by atoms with van der Waals surface area (Å²) < 4.78 is -1.67. The van der Waals surface area contributed by atoms with Gasteiger partial charge in [-0.15, -0.1) is 0 Å². The number of carbonyl (C=O) groups is 3. The summed E-state index contributed by atoms with van der Waals surface area (Å²) in [5, 5.41) is 11.8. The van der Waals surface area contributed by atoms with Crippen LogP contribution in [0.3, 0.4) is 0 Å². The first kappa shape index (κ1) is 18.7. The van der Waals surface area contributed by atoms with Crippen molar-refractivity contribution >= 4 is 30.3 Å². The third-order valence-corrected chi connectivity index (χ3v) is 4.21. The van der Waals surface area contributed by atoms with Gasteiger partial charge in [-0.2, -0.15) is 12.6 Å². The highest BCUT2D eigenvalue weighted by molar-refractivity contribution is 7.83. The molecule has 0 fully saturated rings. The fourth-order valence-electron chi connectivity index (χ4n) is 2.32. The van der Waals surface area contributed by atoms with E-state index in [0.717, 1.165) is 5.56 Å². The molecule has 2 aromatic carbocycles. The zero-order valence-corrected chi connectivity index (χ0v) is 14.6. The number of benzene rings is 2. The molecular weight excluding hydrogens is 338 g/mol. The number of carbonyl (C=O) groups excluding carboxylic acids is 2. The van der Waals surface area contributed by atoms with E-state index in [0.29, 0.717) is 5.56 Å². The summed E-state index contributed by atoms with van der Waals surface area (Å²) in [4.78, 5) is 36.5. The van der Waals surface area contributed by atoms with E-state index in [4.69, 9.17) is 0 Å². The highest BCUT2D eigenvalue weighted by Crippen LogP contribution is 2.21. The molecule has 0 saturated heterocycles. The van der Waals surface area contributed by atoms with Gasteiger partial charge in [0.15, 0.2) is 10.5 Å². The molecule has 2 N–H and O–H groups in total. The van der Waals surface area contributed by atoms with Crippen LogP contribution in [-0.4, -0.2) is 33.6 Å². The standard InChI is InChI=1S/C19H19NO4S/c1-19(25,16(21)14-10-6-3-7-11-14)18(24)20-15(17(22)23)12-13-8-4-2-5-9-13/h2-11,15,25H,12H2,1H3,(H,20,24)(H,22,23). The topological polar surface area (TPSA) is 83.5 Å². The van der Waals surface area contributed by atoms with Crippen LogP contribution in [0.4, 0.5) is 0 Å². The molecule has 0 aliphatic heterocycles. The predicted molar refractivity (Wildman–Crippen MR) is 97.9 cm³/mol. The zero-order chi connectivity index (χ0) is 18.4. The van der Waals surface area contributed by atoms with Crippen molar-refractivity contribution in [1.82, 2.24) is 5.32 Å². The van der Waals surface area contributed by atoms with Crippen molar-refractivity contribution in [2.75, 3.05) is 0 Å². The average Bonchev–Trinajstić information content (AvgIpc) is 2.61. The minimum atomic E-state index is -1.67. The van der Waals surface area contributed by atoms with Gasteiger partial charge in [0.25, 0.3) is 0 Å². The van der Waals surface area contributed by atoms with Crippen LogP contribution in [0.15, 0.2) is 60.7 Å². The third-order valence-electron chi connectivity index (χ3n) is 3.81. The van der Waals surface area contributed by atoms with Gasteiger partial charge in [-0.25, -0.2) is 4.79 Å². The molecule has 0 saturated carbocycles. The second kappa shape index (κ2) is 7.98. The van der Waals surface area contributed by atoms with Crippen LogP contribution in [0.25, 0.3) is 0 Å². The fourth-order valence-corrected chi connectivity index (χ4v) is 2.52. The Labute approximate surface area is 151 Å². The first-order chi connectivity index (χ1) is 11.8. The van der Waals surface area contributed by atoms with E-state index in [9.17, 15) is 19.5 Å². The second-order valence-electron chi connectivity index (χ2n) is 5.82. The maximum Gasteiger partial charge on any atom is 0.326 e. The molecule has 2 rings (SSSR count). The summed E-state index contributed by atoms with van der Waals surface area (Å²) in [5.41, 5.74) is 1.11. The number of carboxylic acids is 1. The third kappa shape index (κ3) is 4.70. The molecular formula is C19H19NO4S. The number of rotatable bonds is 7. The summed E-state index contributed by atoms with van der Waals surface area (Å²) in [5.74, 6) is -2.40. The Morgan fingerprint density at radius 2 is 1.56 bits per heavy atom. The first-order valence-corrected chi connectivity index (χ1v) is 8.17. The van der Waals surface area contributed by atoms with Crippen LogP contribution >= 0.6 is 12.6 Å².